The van der Waals surface area contributed by atoms with E-state index in [9.17, 15) is 14.4 Å². The fraction of sp³-hybridized carbons (Fsp3) is 0.400. The largest absolute Gasteiger partial charge is 0.332 e. The summed E-state index contributed by atoms with van der Waals surface area (Å²) in [6.45, 7) is 4.53. The Hall–Kier alpha value is -3.00. The molecule has 2 unspecified atom stereocenters. The Bertz CT molecular complexity index is 1140. The van der Waals surface area contributed by atoms with Crippen LogP contribution in [0.3, 0.4) is 0 Å². The van der Waals surface area contributed by atoms with Crippen molar-refractivity contribution in [2.45, 2.75) is 33.0 Å². The lowest BCUT2D eigenvalue weighted by Gasteiger charge is -2.18. The Balaban J connectivity index is 2.13. The predicted octanol–water partition coefficient (Wildman–Crippen LogP) is -0.201. The fourth-order valence-electron chi connectivity index (χ4n) is 3.46. The van der Waals surface area contributed by atoms with Crippen molar-refractivity contribution in [2.75, 3.05) is 7.05 Å². The van der Waals surface area contributed by atoms with Gasteiger partial charge >= 0.3 is 5.69 Å². The maximum absolute atomic E-state index is 12.8. The molecule has 0 saturated heterocycles. The van der Waals surface area contributed by atoms with Crippen LogP contribution in [0.25, 0.3) is 11.2 Å². The lowest BCUT2D eigenvalue weighted by molar-refractivity contribution is -0.908. The number of benzene rings is 1. The predicted molar refractivity (Wildman–Crippen MR) is 106 cm³/mol. The zero-order valence-electron chi connectivity index (χ0n) is 16.9. The van der Waals surface area contributed by atoms with E-state index >= 15 is 0 Å². The first-order valence-electron chi connectivity index (χ1n) is 9.24. The average Bonchev–Trinajstić information content (AvgIpc) is 3.03. The molecule has 8 heteroatoms. The molecule has 0 amide bonds. The van der Waals surface area contributed by atoms with E-state index in [4.69, 9.17) is 0 Å². The molecule has 148 valence electrons. The summed E-state index contributed by atoms with van der Waals surface area (Å²) in [6.07, 6.45) is 0. The molecule has 2 atom stereocenters. The molecule has 0 aliphatic heterocycles. The number of aryl methyl sites for hydroxylation is 1. The van der Waals surface area contributed by atoms with E-state index in [0.717, 1.165) is 16.0 Å². The van der Waals surface area contributed by atoms with Gasteiger partial charge in [0.05, 0.1) is 13.1 Å². The van der Waals surface area contributed by atoms with Gasteiger partial charge in [-0.3, -0.25) is 18.7 Å². The lowest BCUT2D eigenvalue weighted by atomic mass is 10.2. The lowest BCUT2D eigenvalue weighted by Crippen LogP contribution is -3.06. The minimum atomic E-state index is -0.547. The Morgan fingerprint density at radius 2 is 1.75 bits per heavy atom. The maximum atomic E-state index is 12.8. The Morgan fingerprint density at radius 1 is 1.11 bits per heavy atom. The molecule has 0 aliphatic carbocycles. The molecular weight excluding hydrogens is 358 g/mol. The molecule has 0 bridgehead atoms. The number of rotatable bonds is 6. The Morgan fingerprint density at radius 3 is 2.36 bits per heavy atom. The third kappa shape index (κ3) is 3.43. The van der Waals surface area contributed by atoms with Crippen molar-refractivity contribution < 1.29 is 9.69 Å². The summed E-state index contributed by atoms with van der Waals surface area (Å²) in [6, 6.07) is 9.54. The van der Waals surface area contributed by atoms with Crippen LogP contribution in [0.2, 0.25) is 0 Å². The summed E-state index contributed by atoms with van der Waals surface area (Å²) in [5, 5.41) is 0. The summed E-state index contributed by atoms with van der Waals surface area (Å²) < 4.78 is 4.10. The minimum Gasteiger partial charge on any atom is -0.327 e. The molecular formula is C20H26N5O3+. The van der Waals surface area contributed by atoms with Gasteiger partial charge in [-0.25, -0.2) is 9.78 Å². The standard InChI is InChI=1S/C20H25N5O3/c1-13(14(2)26)25-16(12-22(3)11-15-9-7-6-8-10-15)21-18-17(25)19(27)24(5)20(28)23(18)4/h6-10,13H,11-12H2,1-5H3/p+1. The first-order valence-corrected chi connectivity index (χ1v) is 9.24. The normalized spacial score (nSPS) is 13.6. The number of carbonyl (C=O) groups is 1. The number of nitrogens with one attached hydrogen (secondary N) is 1. The molecule has 2 heterocycles. The van der Waals surface area contributed by atoms with Crippen molar-refractivity contribution in [2.24, 2.45) is 14.1 Å². The topological polar surface area (TPSA) is 83.3 Å². The highest BCUT2D eigenvalue weighted by atomic mass is 16.2. The highest BCUT2D eigenvalue weighted by Crippen LogP contribution is 2.18. The van der Waals surface area contributed by atoms with Crippen molar-refractivity contribution in [3.05, 3.63) is 62.6 Å². The molecule has 28 heavy (non-hydrogen) atoms. The van der Waals surface area contributed by atoms with Crippen molar-refractivity contribution in [3.8, 4) is 0 Å². The van der Waals surface area contributed by atoms with Crippen molar-refractivity contribution >= 4 is 16.9 Å². The third-order valence-electron chi connectivity index (χ3n) is 5.15. The molecule has 0 aliphatic rings. The van der Waals surface area contributed by atoms with Crippen LogP contribution in [0.15, 0.2) is 39.9 Å². The molecule has 1 N–H and O–H groups in total. The van der Waals surface area contributed by atoms with E-state index in [1.807, 2.05) is 25.2 Å². The third-order valence-corrected chi connectivity index (χ3v) is 5.15. The van der Waals surface area contributed by atoms with Crippen LogP contribution in [-0.2, 0) is 32.0 Å². The van der Waals surface area contributed by atoms with Crippen LogP contribution in [0.1, 0.15) is 31.3 Å². The second-order valence-corrected chi connectivity index (χ2v) is 7.36. The van der Waals surface area contributed by atoms with Gasteiger partial charge in [0.15, 0.2) is 22.8 Å². The van der Waals surface area contributed by atoms with E-state index in [0.29, 0.717) is 18.0 Å². The fourth-order valence-corrected chi connectivity index (χ4v) is 3.46. The van der Waals surface area contributed by atoms with Crippen LogP contribution >= 0.6 is 0 Å². The number of aromatic nitrogens is 4. The van der Waals surface area contributed by atoms with Gasteiger partial charge in [0.25, 0.3) is 5.56 Å². The number of hydrogen-bond acceptors (Lipinski definition) is 4. The van der Waals surface area contributed by atoms with E-state index in [2.05, 4.69) is 17.1 Å². The Kier molecular flexibility index (Phi) is 5.33. The first-order chi connectivity index (χ1) is 13.2. The zero-order valence-corrected chi connectivity index (χ0v) is 16.9. The first kappa shape index (κ1) is 19.8. The number of imidazole rings is 1. The number of nitrogens with zero attached hydrogens (tertiary/aromatic N) is 4. The van der Waals surface area contributed by atoms with Gasteiger partial charge < -0.3 is 9.47 Å². The molecule has 0 radical (unpaired) electrons. The van der Waals surface area contributed by atoms with Gasteiger partial charge in [0.1, 0.15) is 13.1 Å². The summed E-state index contributed by atoms with van der Waals surface area (Å²) in [4.78, 5) is 43.0. The molecule has 0 fully saturated rings. The van der Waals surface area contributed by atoms with E-state index in [1.165, 1.54) is 24.1 Å². The summed E-state index contributed by atoms with van der Waals surface area (Å²) in [5.74, 6) is 0.543. The van der Waals surface area contributed by atoms with Crippen molar-refractivity contribution in [1.29, 1.82) is 0 Å². The Labute approximate surface area is 162 Å². The second kappa shape index (κ2) is 7.55. The van der Waals surface area contributed by atoms with Crippen molar-refractivity contribution in [3.63, 3.8) is 0 Å². The van der Waals surface area contributed by atoms with E-state index in [1.54, 1.807) is 18.5 Å². The second-order valence-electron chi connectivity index (χ2n) is 7.36. The van der Waals surface area contributed by atoms with E-state index in [-0.39, 0.29) is 11.3 Å². The monoisotopic (exact) mass is 384 g/mol. The van der Waals surface area contributed by atoms with Crippen molar-refractivity contribution in [1.82, 2.24) is 18.7 Å². The summed E-state index contributed by atoms with van der Waals surface area (Å²) >= 11 is 0. The number of carbonyl (C=O) groups excluding carboxylic acids is 1. The van der Waals surface area contributed by atoms with E-state index < -0.39 is 17.3 Å². The van der Waals surface area contributed by atoms with Gasteiger partial charge in [0, 0.05) is 19.7 Å². The van der Waals surface area contributed by atoms with Crippen LogP contribution in [0.5, 0.6) is 0 Å². The van der Waals surface area contributed by atoms with Gasteiger partial charge in [-0.2, -0.15) is 0 Å². The van der Waals surface area contributed by atoms with Gasteiger partial charge in [0.2, 0.25) is 0 Å². The molecule has 1 aromatic carbocycles. The number of ketones is 1. The van der Waals surface area contributed by atoms with Gasteiger partial charge in [-0.1, -0.05) is 30.3 Å². The SMILES string of the molecule is CC(=O)C(C)n1c(C[NH+](C)Cc2ccccc2)nc2c1c(=O)n(C)c(=O)n2C. The summed E-state index contributed by atoms with van der Waals surface area (Å²) in [7, 11) is 5.06. The molecule has 8 nitrogen and oxygen atoms in total. The highest BCUT2D eigenvalue weighted by molar-refractivity contribution is 5.82. The number of hydrogen-bond donors (Lipinski definition) is 1. The summed E-state index contributed by atoms with van der Waals surface area (Å²) in [5.41, 5.74) is 0.906. The maximum Gasteiger partial charge on any atom is 0.332 e. The number of fused-ring (bicyclic) bond motifs is 1. The van der Waals surface area contributed by atoms with Gasteiger partial charge in [-0.15, -0.1) is 0 Å². The van der Waals surface area contributed by atoms with Crippen LogP contribution in [0, 0.1) is 0 Å². The number of Topliss-reactive ketones (excluding diaryl/α,β-unsaturated/α-hetero) is 1. The average molecular weight is 384 g/mol. The quantitative estimate of drug-likeness (QED) is 0.638. The minimum absolute atomic E-state index is 0.0721. The highest BCUT2D eigenvalue weighted by Gasteiger charge is 2.25. The number of quaternary nitrogens is 1. The smallest absolute Gasteiger partial charge is 0.327 e. The van der Waals surface area contributed by atoms with Crippen LogP contribution in [-0.4, -0.2) is 31.5 Å². The zero-order chi connectivity index (χ0) is 20.6. The molecule has 3 aromatic rings. The molecule has 3 rings (SSSR count). The molecule has 0 spiro atoms. The van der Waals surface area contributed by atoms with Crippen LogP contribution in [0.4, 0.5) is 0 Å². The van der Waals surface area contributed by atoms with Crippen LogP contribution < -0.4 is 16.1 Å². The molecule has 0 saturated carbocycles. The van der Waals surface area contributed by atoms with Gasteiger partial charge in [-0.05, 0) is 13.8 Å². The molecule has 2 aromatic heterocycles.